The number of Topliss-reactive ketones (excluding diaryl/α,β-unsaturated/α-hetero) is 1. The molecule has 28 heavy (non-hydrogen) atoms. The van der Waals surface area contributed by atoms with Gasteiger partial charge in [-0.1, -0.05) is 0 Å². The van der Waals surface area contributed by atoms with Gasteiger partial charge in [0.2, 0.25) is 11.7 Å². The summed E-state index contributed by atoms with van der Waals surface area (Å²) in [6.45, 7) is 3.86. The first-order valence-corrected chi connectivity index (χ1v) is 8.95. The Kier molecular flexibility index (Phi) is 4.46. The van der Waals surface area contributed by atoms with Crippen LogP contribution in [0.15, 0.2) is 42.5 Å². The molecule has 1 aliphatic rings. The zero-order valence-electron chi connectivity index (χ0n) is 15.5. The van der Waals surface area contributed by atoms with E-state index in [-0.39, 0.29) is 17.5 Å². The first-order chi connectivity index (χ1) is 13.4. The molecule has 0 saturated heterocycles. The summed E-state index contributed by atoms with van der Waals surface area (Å²) in [6.07, 6.45) is 0.723. The lowest BCUT2D eigenvalue weighted by atomic mass is 10.0. The quantitative estimate of drug-likeness (QED) is 0.651. The summed E-state index contributed by atoms with van der Waals surface area (Å²) >= 11 is 0. The number of halogens is 1. The highest BCUT2D eigenvalue weighted by atomic mass is 19.1. The maximum Gasteiger partial charge on any atom is 0.223 e. The van der Waals surface area contributed by atoms with Crippen molar-refractivity contribution in [2.45, 2.75) is 26.3 Å². The SMILES string of the molecule is CC(=O)N1CCc2cc(C(=O)[C@@H](C)n3nnc(-c4ccc(F)cc4)n3)ccc21. The molecular weight excluding hydrogens is 361 g/mol. The third-order valence-corrected chi connectivity index (χ3v) is 4.90. The molecule has 1 aliphatic heterocycles. The summed E-state index contributed by atoms with van der Waals surface area (Å²) in [7, 11) is 0. The van der Waals surface area contributed by atoms with Crippen LogP contribution in [0.3, 0.4) is 0 Å². The minimum atomic E-state index is -0.648. The number of fused-ring (bicyclic) bond motifs is 1. The highest BCUT2D eigenvalue weighted by Gasteiger charge is 2.25. The van der Waals surface area contributed by atoms with Crippen LogP contribution in [-0.4, -0.2) is 38.4 Å². The molecule has 2 heterocycles. The van der Waals surface area contributed by atoms with Crippen LogP contribution in [0.5, 0.6) is 0 Å². The number of carbonyl (C=O) groups is 2. The number of hydrogen-bond acceptors (Lipinski definition) is 5. The van der Waals surface area contributed by atoms with Crippen molar-refractivity contribution in [3.63, 3.8) is 0 Å². The summed E-state index contributed by atoms with van der Waals surface area (Å²) in [5.74, 6) is -0.177. The van der Waals surface area contributed by atoms with Crippen molar-refractivity contribution in [2.24, 2.45) is 0 Å². The van der Waals surface area contributed by atoms with Gasteiger partial charge in [-0.15, -0.1) is 10.2 Å². The smallest absolute Gasteiger partial charge is 0.223 e. The van der Waals surface area contributed by atoms with Gasteiger partial charge in [0.05, 0.1) is 0 Å². The molecule has 142 valence electrons. The topological polar surface area (TPSA) is 81.0 Å². The van der Waals surface area contributed by atoms with E-state index in [1.54, 1.807) is 30.0 Å². The van der Waals surface area contributed by atoms with E-state index in [1.807, 2.05) is 12.1 Å². The van der Waals surface area contributed by atoms with Crippen molar-refractivity contribution in [1.29, 1.82) is 0 Å². The van der Waals surface area contributed by atoms with Crippen molar-refractivity contribution in [2.75, 3.05) is 11.4 Å². The number of benzene rings is 2. The minimum Gasteiger partial charge on any atom is -0.312 e. The summed E-state index contributed by atoms with van der Waals surface area (Å²) < 4.78 is 13.1. The Balaban J connectivity index is 1.56. The van der Waals surface area contributed by atoms with Crippen LogP contribution in [-0.2, 0) is 11.2 Å². The molecule has 0 spiro atoms. The molecule has 0 aliphatic carbocycles. The number of rotatable bonds is 4. The van der Waals surface area contributed by atoms with Gasteiger partial charge in [0, 0.05) is 30.3 Å². The zero-order valence-corrected chi connectivity index (χ0v) is 15.5. The Labute approximate surface area is 160 Å². The molecule has 1 atom stereocenters. The molecule has 3 aromatic rings. The van der Waals surface area contributed by atoms with E-state index in [2.05, 4.69) is 15.4 Å². The van der Waals surface area contributed by atoms with Gasteiger partial charge in [0.15, 0.2) is 5.78 Å². The van der Waals surface area contributed by atoms with Crippen LogP contribution in [0.2, 0.25) is 0 Å². The lowest BCUT2D eigenvalue weighted by Crippen LogP contribution is -2.25. The van der Waals surface area contributed by atoms with Crippen LogP contribution in [0.1, 0.15) is 35.8 Å². The minimum absolute atomic E-state index is 0.00803. The Bertz CT molecular complexity index is 1060. The lowest BCUT2D eigenvalue weighted by Gasteiger charge is -2.15. The second-order valence-electron chi connectivity index (χ2n) is 6.74. The average Bonchev–Trinajstić information content (AvgIpc) is 3.34. The Morgan fingerprint density at radius 2 is 1.89 bits per heavy atom. The number of tetrazole rings is 1. The van der Waals surface area contributed by atoms with Crippen molar-refractivity contribution in [1.82, 2.24) is 20.2 Å². The van der Waals surface area contributed by atoms with E-state index in [1.165, 1.54) is 23.9 Å². The third-order valence-electron chi connectivity index (χ3n) is 4.90. The first-order valence-electron chi connectivity index (χ1n) is 8.95. The van der Waals surface area contributed by atoms with Crippen molar-refractivity contribution in [3.05, 3.63) is 59.4 Å². The van der Waals surface area contributed by atoms with Gasteiger partial charge in [-0.3, -0.25) is 9.59 Å². The maximum atomic E-state index is 13.1. The largest absolute Gasteiger partial charge is 0.312 e. The Hall–Kier alpha value is -3.42. The van der Waals surface area contributed by atoms with Gasteiger partial charge < -0.3 is 4.90 Å². The molecule has 0 N–H and O–H groups in total. The van der Waals surface area contributed by atoms with E-state index < -0.39 is 6.04 Å². The second kappa shape index (κ2) is 6.95. The van der Waals surface area contributed by atoms with Crippen LogP contribution in [0.4, 0.5) is 10.1 Å². The standard InChI is InChI=1S/C20H18FN5O2/c1-12(26-23-20(22-24-26)14-3-6-17(21)7-4-14)19(28)16-5-8-18-15(11-16)9-10-25(18)13(2)27/h3-8,11-12H,9-10H2,1-2H3/t12-/m1/s1. The fourth-order valence-electron chi connectivity index (χ4n) is 3.33. The Morgan fingerprint density at radius 3 is 2.61 bits per heavy atom. The molecule has 0 unspecified atom stereocenters. The van der Waals surface area contributed by atoms with Gasteiger partial charge in [-0.2, -0.15) is 4.80 Å². The predicted molar refractivity (Wildman–Crippen MR) is 100 cm³/mol. The van der Waals surface area contributed by atoms with Gasteiger partial charge in [-0.05, 0) is 66.6 Å². The molecule has 0 saturated carbocycles. The molecular formula is C20H18FN5O2. The molecule has 7 nitrogen and oxygen atoms in total. The number of amides is 1. The fraction of sp³-hybridized carbons (Fsp3) is 0.250. The average molecular weight is 379 g/mol. The van der Waals surface area contributed by atoms with Gasteiger partial charge >= 0.3 is 0 Å². The van der Waals surface area contributed by atoms with Crippen LogP contribution >= 0.6 is 0 Å². The lowest BCUT2D eigenvalue weighted by molar-refractivity contribution is -0.116. The summed E-state index contributed by atoms with van der Waals surface area (Å²) in [5, 5.41) is 12.2. The van der Waals surface area contributed by atoms with E-state index in [9.17, 15) is 14.0 Å². The molecule has 1 amide bonds. The van der Waals surface area contributed by atoms with E-state index >= 15 is 0 Å². The fourth-order valence-corrected chi connectivity index (χ4v) is 3.33. The van der Waals surface area contributed by atoms with Crippen LogP contribution in [0.25, 0.3) is 11.4 Å². The maximum absolute atomic E-state index is 13.1. The number of carbonyl (C=O) groups excluding carboxylic acids is 2. The number of aromatic nitrogens is 4. The molecule has 0 bridgehead atoms. The number of anilines is 1. The first kappa shape index (κ1) is 18.0. The Morgan fingerprint density at radius 1 is 1.14 bits per heavy atom. The molecule has 1 aromatic heterocycles. The molecule has 4 rings (SSSR count). The zero-order chi connectivity index (χ0) is 19.8. The number of hydrogen-bond donors (Lipinski definition) is 0. The molecule has 2 aromatic carbocycles. The predicted octanol–water partition coefficient (Wildman–Crippen LogP) is 2.83. The normalized spacial score (nSPS) is 14.0. The van der Waals surface area contributed by atoms with Gasteiger partial charge in [-0.25, -0.2) is 4.39 Å². The highest BCUT2D eigenvalue weighted by molar-refractivity contribution is 6.00. The summed E-state index contributed by atoms with van der Waals surface area (Å²) in [5.41, 5.74) is 2.99. The van der Waals surface area contributed by atoms with Gasteiger partial charge in [0.1, 0.15) is 11.9 Å². The van der Waals surface area contributed by atoms with Crippen LogP contribution < -0.4 is 4.90 Å². The van der Waals surface area contributed by atoms with E-state index in [0.717, 1.165) is 17.7 Å². The van der Waals surface area contributed by atoms with Crippen molar-refractivity contribution in [3.8, 4) is 11.4 Å². The van der Waals surface area contributed by atoms with Gasteiger partial charge in [0.25, 0.3) is 0 Å². The van der Waals surface area contributed by atoms with Crippen LogP contribution in [0, 0.1) is 5.82 Å². The molecule has 8 heteroatoms. The van der Waals surface area contributed by atoms with E-state index in [4.69, 9.17) is 0 Å². The number of ketones is 1. The van der Waals surface area contributed by atoms with E-state index in [0.29, 0.717) is 23.5 Å². The summed E-state index contributed by atoms with van der Waals surface area (Å²) in [4.78, 5) is 27.5. The molecule has 0 fully saturated rings. The number of nitrogens with zero attached hydrogens (tertiary/aromatic N) is 5. The monoisotopic (exact) mass is 379 g/mol. The second-order valence-corrected chi connectivity index (χ2v) is 6.74. The van der Waals surface area contributed by atoms with Crippen molar-refractivity contribution >= 4 is 17.4 Å². The highest BCUT2D eigenvalue weighted by Crippen LogP contribution is 2.30. The molecule has 0 radical (unpaired) electrons. The van der Waals surface area contributed by atoms with Crippen molar-refractivity contribution < 1.29 is 14.0 Å². The summed E-state index contributed by atoms with van der Waals surface area (Å²) in [6, 6.07) is 10.5. The third kappa shape index (κ3) is 3.17.